The summed E-state index contributed by atoms with van der Waals surface area (Å²) in [7, 11) is 0. The number of nitrogen functional groups attached to an aromatic ring is 1. The summed E-state index contributed by atoms with van der Waals surface area (Å²) in [5.74, 6) is 0.187. The molecule has 1 saturated heterocycles. The zero-order valence-electron chi connectivity index (χ0n) is 10.6. The van der Waals surface area contributed by atoms with Crippen LogP contribution in [0, 0.1) is 0 Å². The summed E-state index contributed by atoms with van der Waals surface area (Å²) in [5, 5.41) is 0. The number of amides is 1. The van der Waals surface area contributed by atoms with Crippen molar-refractivity contribution in [3.63, 3.8) is 0 Å². The Balaban J connectivity index is 0.00000162. The van der Waals surface area contributed by atoms with E-state index in [4.69, 9.17) is 5.73 Å². The number of hydrogen-bond acceptors (Lipinski definition) is 3. The van der Waals surface area contributed by atoms with E-state index in [0.29, 0.717) is 18.2 Å². The second-order valence-corrected chi connectivity index (χ2v) is 4.55. The normalized spacial score (nSPS) is 18.5. The molecule has 5 heteroatoms. The number of likely N-dealkylation sites (tertiary alicyclic amines) is 1. The standard InChI is InChI=1S/C13H19N3O.ClH/c1-2-12-4-3-7-16(12)13(17)8-11-6-5-10(14)9-15-11;/h5-6,9,12H,2-4,7-8,14H2,1H3;1H. The van der Waals surface area contributed by atoms with Crippen LogP contribution in [0.5, 0.6) is 0 Å². The third kappa shape index (κ3) is 3.35. The van der Waals surface area contributed by atoms with Crippen LogP contribution in [0.2, 0.25) is 0 Å². The number of rotatable bonds is 3. The van der Waals surface area contributed by atoms with E-state index in [1.807, 2.05) is 11.0 Å². The summed E-state index contributed by atoms with van der Waals surface area (Å²) in [4.78, 5) is 18.3. The van der Waals surface area contributed by atoms with Crippen LogP contribution in [0.1, 0.15) is 31.9 Å². The summed E-state index contributed by atoms with van der Waals surface area (Å²) in [6.45, 7) is 3.03. The molecule has 0 radical (unpaired) electrons. The van der Waals surface area contributed by atoms with Crippen molar-refractivity contribution in [1.29, 1.82) is 0 Å². The topological polar surface area (TPSA) is 59.2 Å². The number of pyridine rings is 1. The van der Waals surface area contributed by atoms with Crippen LogP contribution in [0.25, 0.3) is 0 Å². The molecule has 2 rings (SSSR count). The van der Waals surface area contributed by atoms with Crippen LogP contribution < -0.4 is 5.73 Å². The molecule has 1 unspecified atom stereocenters. The summed E-state index contributed by atoms with van der Waals surface area (Å²) in [5.41, 5.74) is 7.00. The van der Waals surface area contributed by atoms with Crippen LogP contribution in [-0.4, -0.2) is 28.4 Å². The van der Waals surface area contributed by atoms with Gasteiger partial charge >= 0.3 is 0 Å². The molecular weight excluding hydrogens is 250 g/mol. The summed E-state index contributed by atoms with van der Waals surface area (Å²) >= 11 is 0. The van der Waals surface area contributed by atoms with Gasteiger partial charge in [-0.1, -0.05) is 6.92 Å². The van der Waals surface area contributed by atoms with Gasteiger partial charge in [0.05, 0.1) is 18.3 Å². The lowest BCUT2D eigenvalue weighted by Gasteiger charge is -2.23. The van der Waals surface area contributed by atoms with E-state index in [1.165, 1.54) is 0 Å². The van der Waals surface area contributed by atoms with Crippen LogP contribution in [0.4, 0.5) is 5.69 Å². The van der Waals surface area contributed by atoms with E-state index in [0.717, 1.165) is 31.5 Å². The molecule has 0 aromatic carbocycles. The maximum atomic E-state index is 12.1. The molecule has 1 amide bonds. The number of anilines is 1. The van der Waals surface area contributed by atoms with E-state index in [1.54, 1.807) is 12.3 Å². The van der Waals surface area contributed by atoms with Crippen LogP contribution >= 0.6 is 12.4 Å². The molecule has 4 nitrogen and oxygen atoms in total. The van der Waals surface area contributed by atoms with Crippen molar-refractivity contribution in [1.82, 2.24) is 9.88 Å². The van der Waals surface area contributed by atoms with E-state index in [-0.39, 0.29) is 18.3 Å². The molecule has 2 heterocycles. The first kappa shape index (κ1) is 14.8. The fourth-order valence-corrected chi connectivity index (χ4v) is 2.39. The van der Waals surface area contributed by atoms with Gasteiger partial charge < -0.3 is 10.6 Å². The Morgan fingerprint density at radius 2 is 2.33 bits per heavy atom. The minimum absolute atomic E-state index is 0. The molecule has 18 heavy (non-hydrogen) atoms. The van der Waals surface area contributed by atoms with Crippen LogP contribution in [-0.2, 0) is 11.2 Å². The van der Waals surface area contributed by atoms with Gasteiger partial charge in [0.15, 0.2) is 0 Å². The smallest absolute Gasteiger partial charge is 0.228 e. The van der Waals surface area contributed by atoms with Gasteiger partial charge in [0.2, 0.25) is 5.91 Å². The van der Waals surface area contributed by atoms with Gasteiger partial charge in [0.25, 0.3) is 0 Å². The second kappa shape index (κ2) is 6.59. The van der Waals surface area contributed by atoms with Crippen molar-refractivity contribution < 1.29 is 4.79 Å². The van der Waals surface area contributed by atoms with Crippen molar-refractivity contribution in [2.24, 2.45) is 0 Å². The lowest BCUT2D eigenvalue weighted by Crippen LogP contribution is -2.36. The molecular formula is C13H20ClN3O. The summed E-state index contributed by atoms with van der Waals surface area (Å²) in [6, 6.07) is 4.04. The molecule has 1 atom stereocenters. The molecule has 2 N–H and O–H groups in total. The Morgan fingerprint density at radius 1 is 1.56 bits per heavy atom. The molecule has 0 saturated carbocycles. The Morgan fingerprint density at radius 3 is 2.94 bits per heavy atom. The predicted molar refractivity (Wildman–Crippen MR) is 74.6 cm³/mol. The predicted octanol–water partition coefficient (Wildman–Crippen LogP) is 2.03. The molecule has 0 bridgehead atoms. The van der Waals surface area contributed by atoms with Gasteiger partial charge in [0.1, 0.15) is 0 Å². The maximum absolute atomic E-state index is 12.1. The van der Waals surface area contributed by atoms with E-state index >= 15 is 0 Å². The second-order valence-electron chi connectivity index (χ2n) is 4.55. The third-order valence-corrected chi connectivity index (χ3v) is 3.35. The van der Waals surface area contributed by atoms with Gasteiger partial charge in [-0.05, 0) is 31.4 Å². The summed E-state index contributed by atoms with van der Waals surface area (Å²) < 4.78 is 0. The van der Waals surface area contributed by atoms with E-state index in [9.17, 15) is 4.79 Å². The minimum Gasteiger partial charge on any atom is -0.397 e. The van der Waals surface area contributed by atoms with Crippen LogP contribution in [0.15, 0.2) is 18.3 Å². The highest BCUT2D eigenvalue weighted by molar-refractivity contribution is 5.85. The average molecular weight is 270 g/mol. The Hall–Kier alpha value is -1.29. The molecule has 0 aliphatic carbocycles. The van der Waals surface area contributed by atoms with Gasteiger partial charge in [-0.2, -0.15) is 0 Å². The fourth-order valence-electron chi connectivity index (χ4n) is 2.39. The molecule has 1 aliphatic rings. The van der Waals surface area contributed by atoms with Gasteiger partial charge in [-0.3, -0.25) is 9.78 Å². The van der Waals surface area contributed by atoms with E-state index in [2.05, 4.69) is 11.9 Å². The summed E-state index contributed by atoms with van der Waals surface area (Å²) in [6.07, 6.45) is 5.29. The molecule has 1 aromatic heterocycles. The molecule has 0 spiro atoms. The maximum Gasteiger partial charge on any atom is 0.228 e. The van der Waals surface area contributed by atoms with E-state index < -0.39 is 0 Å². The number of aromatic nitrogens is 1. The number of nitrogens with two attached hydrogens (primary N) is 1. The molecule has 100 valence electrons. The van der Waals surface area contributed by atoms with Crippen LogP contribution in [0.3, 0.4) is 0 Å². The average Bonchev–Trinajstić information content (AvgIpc) is 2.80. The minimum atomic E-state index is 0. The Kier molecular flexibility index (Phi) is 5.41. The number of nitrogens with zero attached hydrogens (tertiary/aromatic N) is 2. The van der Waals surface area contributed by atoms with Crippen molar-refractivity contribution >= 4 is 24.0 Å². The zero-order chi connectivity index (χ0) is 12.3. The first-order chi connectivity index (χ1) is 8.20. The first-order valence-electron chi connectivity index (χ1n) is 6.20. The third-order valence-electron chi connectivity index (χ3n) is 3.35. The molecule has 1 fully saturated rings. The van der Waals surface area contributed by atoms with Crippen molar-refractivity contribution in [2.75, 3.05) is 12.3 Å². The number of hydrogen-bond donors (Lipinski definition) is 1. The van der Waals surface area contributed by atoms with Gasteiger partial charge in [-0.15, -0.1) is 12.4 Å². The highest BCUT2D eigenvalue weighted by Crippen LogP contribution is 2.20. The molecule has 1 aromatic rings. The SMILES string of the molecule is CCC1CCCN1C(=O)Cc1ccc(N)cn1.Cl. The Labute approximate surface area is 114 Å². The monoisotopic (exact) mass is 269 g/mol. The highest BCUT2D eigenvalue weighted by atomic mass is 35.5. The lowest BCUT2D eigenvalue weighted by atomic mass is 10.1. The zero-order valence-corrected chi connectivity index (χ0v) is 11.4. The van der Waals surface area contributed by atoms with Crippen molar-refractivity contribution in [3.05, 3.63) is 24.0 Å². The fraction of sp³-hybridized carbons (Fsp3) is 0.538. The van der Waals surface area contributed by atoms with Gasteiger partial charge in [0, 0.05) is 18.3 Å². The molecule has 1 aliphatic heterocycles. The van der Waals surface area contributed by atoms with Crippen molar-refractivity contribution in [2.45, 2.75) is 38.6 Å². The quantitative estimate of drug-likeness (QED) is 0.913. The number of carbonyl (C=O) groups excluding carboxylic acids is 1. The number of carbonyl (C=O) groups is 1. The Bertz CT molecular complexity index is 394. The largest absolute Gasteiger partial charge is 0.397 e. The lowest BCUT2D eigenvalue weighted by molar-refractivity contribution is -0.131. The highest BCUT2D eigenvalue weighted by Gasteiger charge is 2.27. The van der Waals surface area contributed by atoms with Crippen molar-refractivity contribution in [3.8, 4) is 0 Å². The number of halogens is 1. The first-order valence-corrected chi connectivity index (χ1v) is 6.20. The van der Waals surface area contributed by atoms with Gasteiger partial charge in [-0.25, -0.2) is 0 Å².